The van der Waals surface area contributed by atoms with Crippen LogP contribution in [0, 0.1) is 6.92 Å². The van der Waals surface area contributed by atoms with Crippen molar-refractivity contribution >= 4 is 22.9 Å². The molecule has 6 nitrogen and oxygen atoms in total. The van der Waals surface area contributed by atoms with Gasteiger partial charge in [0.1, 0.15) is 5.82 Å². The van der Waals surface area contributed by atoms with Crippen LogP contribution in [0.5, 0.6) is 0 Å². The first kappa shape index (κ1) is 14.6. The molecule has 0 spiro atoms. The molecule has 0 fully saturated rings. The molecule has 0 radical (unpaired) electrons. The third-order valence-corrected chi connectivity index (χ3v) is 4.62. The van der Waals surface area contributed by atoms with Crippen molar-refractivity contribution in [3.8, 4) is 0 Å². The van der Waals surface area contributed by atoms with Crippen molar-refractivity contribution in [1.29, 1.82) is 0 Å². The highest BCUT2D eigenvalue weighted by Gasteiger charge is 2.14. The zero-order valence-corrected chi connectivity index (χ0v) is 13.4. The Morgan fingerprint density at radius 3 is 2.50 bits per heavy atom. The monoisotopic (exact) mass is 316 g/mol. The lowest BCUT2D eigenvalue weighted by molar-refractivity contribution is 0.829. The molecule has 3 rings (SSSR count). The summed E-state index contributed by atoms with van der Waals surface area (Å²) in [6.45, 7) is 2.05. The Kier molecular flexibility index (Phi) is 3.66. The maximum atomic E-state index is 12.0. The Labute approximate surface area is 130 Å². The van der Waals surface area contributed by atoms with E-state index < -0.39 is 11.2 Å². The first-order chi connectivity index (χ1) is 10.5. The molecule has 0 saturated carbocycles. The number of thioether (sulfide) groups is 1. The zero-order chi connectivity index (χ0) is 15.9. The van der Waals surface area contributed by atoms with E-state index in [1.165, 1.54) is 10.1 Å². The van der Waals surface area contributed by atoms with Crippen LogP contribution >= 0.6 is 11.8 Å². The van der Waals surface area contributed by atoms with E-state index in [4.69, 9.17) is 0 Å². The van der Waals surface area contributed by atoms with E-state index >= 15 is 0 Å². The van der Waals surface area contributed by atoms with E-state index in [0.717, 1.165) is 10.7 Å². The van der Waals surface area contributed by atoms with Crippen molar-refractivity contribution in [1.82, 2.24) is 19.1 Å². The average molecular weight is 316 g/mol. The Morgan fingerprint density at radius 1 is 1.14 bits per heavy atom. The number of nitrogens with zero attached hydrogens (tertiary/aromatic N) is 3. The molecule has 114 valence electrons. The van der Waals surface area contributed by atoms with Gasteiger partial charge in [-0.25, -0.2) is 9.78 Å². The summed E-state index contributed by atoms with van der Waals surface area (Å²) in [4.78, 5) is 31.5. The molecule has 0 atom stereocenters. The summed E-state index contributed by atoms with van der Waals surface area (Å²) < 4.78 is 3.10. The third-order valence-electron chi connectivity index (χ3n) is 3.62. The summed E-state index contributed by atoms with van der Waals surface area (Å²) in [5.74, 6) is 1.38. The minimum Gasteiger partial charge on any atom is -0.325 e. The number of hydrogen-bond donors (Lipinski definition) is 1. The number of hydrogen-bond acceptors (Lipinski definition) is 4. The molecule has 1 aromatic carbocycles. The van der Waals surface area contributed by atoms with Crippen molar-refractivity contribution in [2.24, 2.45) is 14.1 Å². The molecule has 0 aliphatic rings. The van der Waals surface area contributed by atoms with Gasteiger partial charge in [0.25, 0.3) is 5.56 Å². The van der Waals surface area contributed by atoms with E-state index in [1.54, 1.807) is 30.4 Å². The first-order valence-electron chi connectivity index (χ1n) is 6.81. The maximum absolute atomic E-state index is 12.0. The van der Waals surface area contributed by atoms with Crippen LogP contribution in [0.15, 0.2) is 38.8 Å². The molecule has 7 heteroatoms. The lowest BCUT2D eigenvalue weighted by atomic mass is 10.2. The van der Waals surface area contributed by atoms with Gasteiger partial charge in [0, 0.05) is 19.0 Å². The van der Waals surface area contributed by atoms with Gasteiger partial charge in [-0.3, -0.25) is 14.3 Å². The number of benzene rings is 1. The maximum Gasteiger partial charge on any atom is 0.329 e. The molecule has 0 bridgehead atoms. The van der Waals surface area contributed by atoms with Crippen LogP contribution in [0.3, 0.4) is 0 Å². The summed E-state index contributed by atoms with van der Waals surface area (Å²) in [6, 6.07) is 8.24. The molecule has 1 N–H and O–H groups in total. The minimum atomic E-state index is -0.451. The fourth-order valence-electron chi connectivity index (χ4n) is 2.26. The lowest BCUT2D eigenvalue weighted by Gasteiger charge is -2.03. The molecule has 2 aromatic heterocycles. The highest BCUT2D eigenvalue weighted by Crippen LogP contribution is 2.23. The Hall–Kier alpha value is -2.28. The Bertz CT molecular complexity index is 951. The van der Waals surface area contributed by atoms with Gasteiger partial charge in [0.15, 0.2) is 11.2 Å². The molecule has 0 aliphatic heterocycles. The quantitative estimate of drug-likeness (QED) is 0.744. The molecule has 0 amide bonds. The molecule has 2 heterocycles. The van der Waals surface area contributed by atoms with Crippen molar-refractivity contribution in [3.05, 3.63) is 56.5 Å². The van der Waals surface area contributed by atoms with Crippen molar-refractivity contribution < 1.29 is 0 Å². The second-order valence-corrected chi connectivity index (χ2v) is 6.23. The molecule has 22 heavy (non-hydrogen) atoms. The molecule has 3 aromatic rings. The standard InChI is InChI=1S/C15H16N4O2S/c1-9-4-6-10(7-5-9)22-8-11-16-13-12(18(11)2)14(20)17-15(21)19(13)3/h4-7H,8H2,1-3H3,(H,17,20,21). The van der Waals surface area contributed by atoms with Crippen LogP contribution in [-0.4, -0.2) is 19.1 Å². The number of fused-ring (bicyclic) bond motifs is 1. The van der Waals surface area contributed by atoms with Gasteiger partial charge < -0.3 is 4.57 Å². The SMILES string of the molecule is Cc1ccc(SCc2nc3c(c(=O)[nH]c(=O)n3C)n2C)cc1. The molecular formula is C15H16N4O2S. The van der Waals surface area contributed by atoms with E-state index in [0.29, 0.717) is 16.9 Å². The zero-order valence-electron chi connectivity index (χ0n) is 12.6. The summed E-state index contributed by atoms with van der Waals surface area (Å²) in [5.41, 5.74) is 1.19. The van der Waals surface area contributed by atoms with Crippen molar-refractivity contribution in [2.75, 3.05) is 0 Å². The molecule has 0 saturated heterocycles. The average Bonchev–Trinajstić information content (AvgIpc) is 2.82. The van der Waals surface area contributed by atoms with Gasteiger partial charge in [-0.2, -0.15) is 0 Å². The highest BCUT2D eigenvalue weighted by molar-refractivity contribution is 7.98. The van der Waals surface area contributed by atoms with Gasteiger partial charge in [-0.05, 0) is 19.1 Å². The molecule has 0 unspecified atom stereocenters. The lowest BCUT2D eigenvalue weighted by Crippen LogP contribution is -2.29. The van der Waals surface area contributed by atoms with Crippen LogP contribution in [0.4, 0.5) is 0 Å². The number of imidazole rings is 1. The summed E-state index contributed by atoms with van der Waals surface area (Å²) in [6.07, 6.45) is 0. The Morgan fingerprint density at radius 2 is 1.82 bits per heavy atom. The fraction of sp³-hybridized carbons (Fsp3) is 0.267. The first-order valence-corrected chi connectivity index (χ1v) is 7.80. The highest BCUT2D eigenvalue weighted by atomic mass is 32.2. The molecular weight excluding hydrogens is 300 g/mol. The second-order valence-electron chi connectivity index (χ2n) is 5.18. The van der Waals surface area contributed by atoms with E-state index in [-0.39, 0.29) is 0 Å². The summed E-state index contributed by atoms with van der Waals surface area (Å²) in [7, 11) is 3.39. The number of aryl methyl sites for hydroxylation is 3. The van der Waals surface area contributed by atoms with E-state index in [2.05, 4.69) is 34.2 Å². The Balaban J connectivity index is 1.98. The second kappa shape index (κ2) is 5.49. The smallest absolute Gasteiger partial charge is 0.325 e. The predicted octanol–water partition coefficient (Wildman–Crippen LogP) is 1.56. The minimum absolute atomic E-state index is 0.403. The molecule has 0 aliphatic carbocycles. The number of aromatic nitrogens is 4. The number of nitrogens with one attached hydrogen (secondary N) is 1. The van der Waals surface area contributed by atoms with Crippen LogP contribution in [0.1, 0.15) is 11.4 Å². The van der Waals surface area contributed by atoms with Crippen LogP contribution in [0.25, 0.3) is 11.2 Å². The van der Waals surface area contributed by atoms with E-state index in [1.807, 2.05) is 6.92 Å². The number of rotatable bonds is 3. The third kappa shape index (κ3) is 2.48. The normalized spacial score (nSPS) is 11.2. The van der Waals surface area contributed by atoms with Crippen molar-refractivity contribution in [3.63, 3.8) is 0 Å². The van der Waals surface area contributed by atoms with Gasteiger partial charge in [0.2, 0.25) is 0 Å². The van der Waals surface area contributed by atoms with Crippen LogP contribution in [-0.2, 0) is 19.8 Å². The summed E-state index contributed by atoms with van der Waals surface area (Å²) in [5, 5.41) is 0. The predicted molar refractivity (Wildman–Crippen MR) is 87.3 cm³/mol. The van der Waals surface area contributed by atoms with Gasteiger partial charge in [0.05, 0.1) is 5.75 Å². The number of aromatic amines is 1. The van der Waals surface area contributed by atoms with Crippen LogP contribution in [0.2, 0.25) is 0 Å². The van der Waals surface area contributed by atoms with Crippen LogP contribution < -0.4 is 11.2 Å². The largest absolute Gasteiger partial charge is 0.329 e. The van der Waals surface area contributed by atoms with Gasteiger partial charge in [-0.1, -0.05) is 17.7 Å². The number of H-pyrrole nitrogens is 1. The van der Waals surface area contributed by atoms with Crippen molar-refractivity contribution in [2.45, 2.75) is 17.6 Å². The fourth-order valence-corrected chi connectivity index (χ4v) is 3.15. The summed E-state index contributed by atoms with van der Waals surface area (Å²) >= 11 is 1.64. The van der Waals surface area contributed by atoms with Gasteiger partial charge in [-0.15, -0.1) is 11.8 Å². The topological polar surface area (TPSA) is 72.7 Å². The van der Waals surface area contributed by atoms with E-state index in [9.17, 15) is 9.59 Å². The van der Waals surface area contributed by atoms with Gasteiger partial charge >= 0.3 is 5.69 Å².